The van der Waals surface area contributed by atoms with Gasteiger partial charge in [0.05, 0.1) is 6.04 Å². The van der Waals surface area contributed by atoms with E-state index in [1.54, 1.807) is 11.2 Å². The number of carbonyl (C=O) groups is 1. The first-order chi connectivity index (χ1) is 12.2. The SMILES string of the molecule is Cn1cnnc1[C@H]1CCCN1C(=O)Nc1ccc(-c2ncon2)cc1. The molecule has 25 heavy (non-hydrogen) atoms. The maximum absolute atomic E-state index is 12.7. The first kappa shape index (κ1) is 15.3. The van der Waals surface area contributed by atoms with Crippen LogP contribution < -0.4 is 5.32 Å². The van der Waals surface area contributed by atoms with Crippen LogP contribution in [-0.2, 0) is 7.05 Å². The lowest BCUT2D eigenvalue weighted by Crippen LogP contribution is -2.35. The maximum atomic E-state index is 12.7. The maximum Gasteiger partial charge on any atom is 0.322 e. The topological polar surface area (TPSA) is 102 Å². The Kier molecular flexibility index (Phi) is 3.88. The van der Waals surface area contributed by atoms with Gasteiger partial charge in [0.1, 0.15) is 6.33 Å². The summed E-state index contributed by atoms with van der Waals surface area (Å²) >= 11 is 0. The van der Waals surface area contributed by atoms with Crippen molar-refractivity contribution in [1.29, 1.82) is 0 Å². The van der Waals surface area contributed by atoms with Crippen LogP contribution in [0.2, 0.25) is 0 Å². The molecule has 0 unspecified atom stereocenters. The third-order valence-electron chi connectivity index (χ3n) is 4.31. The van der Waals surface area contributed by atoms with Gasteiger partial charge in [0, 0.05) is 24.8 Å². The van der Waals surface area contributed by atoms with Crippen LogP contribution in [0, 0.1) is 0 Å². The number of aromatic nitrogens is 5. The van der Waals surface area contributed by atoms with Crippen molar-refractivity contribution < 1.29 is 9.32 Å². The lowest BCUT2D eigenvalue weighted by Gasteiger charge is -2.24. The van der Waals surface area contributed by atoms with Gasteiger partial charge in [-0.1, -0.05) is 5.16 Å². The van der Waals surface area contributed by atoms with E-state index < -0.39 is 0 Å². The minimum absolute atomic E-state index is 0.0499. The smallest absolute Gasteiger partial charge is 0.322 e. The van der Waals surface area contributed by atoms with E-state index in [2.05, 4.69) is 25.7 Å². The van der Waals surface area contributed by atoms with Gasteiger partial charge in [-0.25, -0.2) is 4.79 Å². The van der Waals surface area contributed by atoms with Gasteiger partial charge in [0.15, 0.2) is 5.82 Å². The number of nitrogens with one attached hydrogen (secondary N) is 1. The van der Waals surface area contributed by atoms with Crippen molar-refractivity contribution in [3.63, 3.8) is 0 Å². The number of benzene rings is 1. The van der Waals surface area contributed by atoms with Crippen molar-refractivity contribution in [1.82, 2.24) is 29.8 Å². The number of nitrogens with zero attached hydrogens (tertiary/aromatic N) is 6. The summed E-state index contributed by atoms with van der Waals surface area (Å²) in [5, 5.41) is 14.8. The number of amides is 2. The molecule has 9 nitrogen and oxygen atoms in total. The van der Waals surface area contributed by atoms with Gasteiger partial charge < -0.3 is 19.3 Å². The van der Waals surface area contributed by atoms with Gasteiger partial charge in [-0.15, -0.1) is 10.2 Å². The standard InChI is InChI=1S/C16H17N7O2/c1-22-9-18-20-15(22)13-3-2-8-23(13)16(24)19-12-6-4-11(5-7-12)14-17-10-25-21-14/h4-7,9-10,13H,2-3,8H2,1H3,(H,19,24)/t13-/m1/s1. The molecule has 1 fully saturated rings. The minimum Gasteiger partial charge on any atom is -0.342 e. The number of hydrogen-bond acceptors (Lipinski definition) is 6. The fourth-order valence-electron chi connectivity index (χ4n) is 3.07. The zero-order valence-corrected chi connectivity index (χ0v) is 13.7. The molecule has 3 aromatic rings. The molecule has 0 bridgehead atoms. The molecule has 1 aliphatic rings. The largest absolute Gasteiger partial charge is 0.342 e. The molecule has 3 heterocycles. The first-order valence-corrected chi connectivity index (χ1v) is 8.00. The quantitative estimate of drug-likeness (QED) is 0.785. The minimum atomic E-state index is -0.141. The predicted octanol–water partition coefficient (Wildman–Crippen LogP) is 2.23. The second-order valence-electron chi connectivity index (χ2n) is 5.91. The van der Waals surface area contributed by atoms with Crippen molar-refractivity contribution in [2.45, 2.75) is 18.9 Å². The average Bonchev–Trinajstić information content (AvgIpc) is 3.36. The third kappa shape index (κ3) is 2.95. The van der Waals surface area contributed by atoms with Gasteiger partial charge in [0.25, 0.3) is 0 Å². The Morgan fingerprint density at radius 1 is 1.32 bits per heavy atom. The zero-order valence-electron chi connectivity index (χ0n) is 13.7. The molecule has 2 amide bonds. The fraction of sp³-hybridized carbons (Fsp3) is 0.312. The van der Waals surface area contributed by atoms with Crippen LogP contribution in [0.3, 0.4) is 0 Å². The summed E-state index contributed by atoms with van der Waals surface area (Å²) in [5.41, 5.74) is 1.53. The lowest BCUT2D eigenvalue weighted by molar-refractivity contribution is 0.204. The number of rotatable bonds is 3. The average molecular weight is 339 g/mol. The van der Waals surface area contributed by atoms with E-state index in [9.17, 15) is 4.79 Å². The van der Waals surface area contributed by atoms with E-state index in [-0.39, 0.29) is 12.1 Å². The number of carbonyl (C=O) groups excluding carboxylic acids is 1. The predicted molar refractivity (Wildman–Crippen MR) is 88.4 cm³/mol. The van der Waals surface area contributed by atoms with Crippen LogP contribution in [0.1, 0.15) is 24.7 Å². The van der Waals surface area contributed by atoms with E-state index in [0.717, 1.165) is 24.2 Å². The van der Waals surface area contributed by atoms with Crippen LogP contribution >= 0.6 is 0 Å². The number of anilines is 1. The summed E-state index contributed by atoms with van der Waals surface area (Å²) < 4.78 is 6.59. The highest BCUT2D eigenvalue weighted by Crippen LogP contribution is 2.31. The van der Waals surface area contributed by atoms with Gasteiger partial charge >= 0.3 is 6.03 Å². The van der Waals surface area contributed by atoms with Crippen molar-refractivity contribution in [3.8, 4) is 11.4 Å². The summed E-state index contributed by atoms with van der Waals surface area (Å²) in [6.45, 7) is 0.699. The molecule has 128 valence electrons. The molecule has 0 spiro atoms. The van der Waals surface area contributed by atoms with Crippen LogP contribution in [0.25, 0.3) is 11.4 Å². The molecule has 1 saturated heterocycles. The molecular formula is C16H17N7O2. The number of hydrogen-bond donors (Lipinski definition) is 1. The van der Waals surface area contributed by atoms with Crippen LogP contribution in [-0.4, -0.2) is 42.4 Å². The molecule has 1 aliphatic heterocycles. The Bertz CT molecular complexity index is 857. The molecule has 4 rings (SSSR count). The Hall–Kier alpha value is -3.23. The number of urea groups is 1. The van der Waals surface area contributed by atoms with Gasteiger partial charge in [0.2, 0.25) is 12.2 Å². The molecule has 1 aromatic carbocycles. The summed E-state index contributed by atoms with van der Waals surface area (Å²) in [6.07, 6.45) is 4.77. The fourth-order valence-corrected chi connectivity index (χ4v) is 3.07. The summed E-state index contributed by atoms with van der Waals surface area (Å²) in [4.78, 5) is 18.5. The van der Waals surface area contributed by atoms with E-state index in [4.69, 9.17) is 4.52 Å². The molecule has 0 aliphatic carbocycles. The Morgan fingerprint density at radius 2 is 2.16 bits per heavy atom. The number of aryl methyl sites for hydroxylation is 1. The van der Waals surface area contributed by atoms with E-state index in [1.807, 2.05) is 35.9 Å². The van der Waals surface area contributed by atoms with E-state index in [0.29, 0.717) is 18.1 Å². The van der Waals surface area contributed by atoms with E-state index >= 15 is 0 Å². The Labute approximate surface area is 143 Å². The Morgan fingerprint density at radius 3 is 2.84 bits per heavy atom. The van der Waals surface area contributed by atoms with Gasteiger partial charge in [-0.3, -0.25) is 0 Å². The lowest BCUT2D eigenvalue weighted by atomic mass is 10.2. The van der Waals surface area contributed by atoms with Crippen LogP contribution in [0.15, 0.2) is 41.5 Å². The second kappa shape index (κ2) is 6.34. The molecule has 2 aromatic heterocycles. The van der Waals surface area contributed by atoms with Crippen molar-refractivity contribution >= 4 is 11.7 Å². The molecule has 1 N–H and O–H groups in total. The van der Waals surface area contributed by atoms with Crippen LogP contribution in [0.4, 0.5) is 10.5 Å². The molecule has 0 radical (unpaired) electrons. The highest BCUT2D eigenvalue weighted by atomic mass is 16.5. The van der Waals surface area contributed by atoms with Gasteiger partial charge in [-0.2, -0.15) is 4.98 Å². The van der Waals surface area contributed by atoms with Crippen molar-refractivity contribution in [2.24, 2.45) is 7.05 Å². The normalized spacial score (nSPS) is 17.0. The molecule has 0 saturated carbocycles. The molecule has 9 heteroatoms. The van der Waals surface area contributed by atoms with Crippen molar-refractivity contribution in [3.05, 3.63) is 42.8 Å². The van der Waals surface area contributed by atoms with Gasteiger partial charge in [-0.05, 0) is 37.1 Å². The summed E-state index contributed by atoms with van der Waals surface area (Å²) in [5.74, 6) is 1.32. The highest BCUT2D eigenvalue weighted by Gasteiger charge is 2.32. The molecule has 1 atom stereocenters. The second-order valence-corrected chi connectivity index (χ2v) is 5.91. The zero-order chi connectivity index (χ0) is 17.2. The molecular weight excluding hydrogens is 322 g/mol. The van der Waals surface area contributed by atoms with Crippen LogP contribution in [0.5, 0.6) is 0 Å². The first-order valence-electron chi connectivity index (χ1n) is 8.00. The van der Waals surface area contributed by atoms with Crippen molar-refractivity contribution in [2.75, 3.05) is 11.9 Å². The monoisotopic (exact) mass is 339 g/mol. The number of likely N-dealkylation sites (tertiary alicyclic amines) is 1. The van der Waals surface area contributed by atoms with E-state index in [1.165, 1.54) is 6.39 Å². The summed E-state index contributed by atoms with van der Waals surface area (Å²) in [6, 6.07) is 7.12. The highest BCUT2D eigenvalue weighted by molar-refractivity contribution is 5.90. The third-order valence-corrected chi connectivity index (χ3v) is 4.31. The Balaban J connectivity index is 1.47. The summed E-state index contributed by atoms with van der Waals surface area (Å²) in [7, 11) is 1.89.